The van der Waals surface area contributed by atoms with E-state index in [4.69, 9.17) is 0 Å². The van der Waals surface area contributed by atoms with Crippen molar-refractivity contribution < 1.29 is 23.4 Å². The van der Waals surface area contributed by atoms with Crippen LogP contribution >= 0.6 is 0 Å². The molecule has 0 aliphatic carbocycles. The van der Waals surface area contributed by atoms with Gasteiger partial charge in [-0.25, -0.2) is 0 Å². The molecule has 0 aliphatic rings. The molecule has 0 spiro atoms. The Morgan fingerprint density at radius 3 is 1.40 bits per heavy atom. The number of hydrogen-bond donors (Lipinski definition) is 2. The standard InChI is InChI=1S/C15H11F3O2/c16-15(17,18)9-14(10-1-5-12(19)6-2-10)11-3-7-13(20)8-4-11/h1-8,14,19-20H. The Kier molecular flexibility index (Phi) is 3.88. The Hall–Kier alpha value is -2.17. The van der Waals surface area contributed by atoms with E-state index in [-0.39, 0.29) is 11.5 Å². The fraction of sp³-hybridized carbons (Fsp3) is 0.133. The Balaban J connectivity index is 2.38. The molecule has 0 fully saturated rings. The minimum absolute atomic E-state index is 0.0229. The minimum atomic E-state index is -4.56. The van der Waals surface area contributed by atoms with Gasteiger partial charge >= 0.3 is 6.18 Å². The molecule has 104 valence electrons. The van der Waals surface area contributed by atoms with Gasteiger partial charge in [-0.2, -0.15) is 13.2 Å². The van der Waals surface area contributed by atoms with E-state index >= 15 is 0 Å². The van der Waals surface area contributed by atoms with Gasteiger partial charge in [0.05, 0.1) is 0 Å². The Morgan fingerprint density at radius 1 is 0.750 bits per heavy atom. The van der Waals surface area contributed by atoms with Crippen LogP contribution in [0.4, 0.5) is 13.2 Å². The molecule has 0 aliphatic heterocycles. The molecule has 2 radical (unpaired) electrons. The summed E-state index contributed by atoms with van der Waals surface area (Å²) in [6.07, 6.45) is -2.99. The van der Waals surface area contributed by atoms with Gasteiger partial charge in [0, 0.05) is 5.92 Å². The minimum Gasteiger partial charge on any atom is -0.508 e. The van der Waals surface area contributed by atoms with E-state index in [2.05, 4.69) is 0 Å². The lowest BCUT2D eigenvalue weighted by molar-refractivity contribution is -0.0990. The van der Waals surface area contributed by atoms with Crippen molar-refractivity contribution in [1.29, 1.82) is 0 Å². The SMILES string of the molecule is Oc1ccc(C([C]C(F)(F)F)c2ccc(O)cc2)cc1. The summed E-state index contributed by atoms with van der Waals surface area (Å²) < 4.78 is 37.9. The Labute approximate surface area is 114 Å². The molecule has 20 heavy (non-hydrogen) atoms. The predicted molar refractivity (Wildman–Crippen MR) is 67.4 cm³/mol. The van der Waals surface area contributed by atoms with Crippen molar-refractivity contribution >= 4 is 0 Å². The van der Waals surface area contributed by atoms with Gasteiger partial charge in [0.1, 0.15) is 17.9 Å². The molecule has 2 N–H and O–H groups in total. The summed E-state index contributed by atoms with van der Waals surface area (Å²) in [4.78, 5) is 0. The molecule has 0 saturated carbocycles. The van der Waals surface area contributed by atoms with Gasteiger partial charge in [-0.05, 0) is 35.4 Å². The number of rotatable bonds is 3. The van der Waals surface area contributed by atoms with E-state index in [1.807, 2.05) is 0 Å². The van der Waals surface area contributed by atoms with Crippen molar-refractivity contribution in [2.24, 2.45) is 0 Å². The molecule has 2 nitrogen and oxygen atoms in total. The molecule has 0 heterocycles. The quantitative estimate of drug-likeness (QED) is 0.896. The van der Waals surface area contributed by atoms with Crippen LogP contribution in [0, 0.1) is 6.42 Å². The maximum atomic E-state index is 12.6. The number of halogens is 3. The highest BCUT2D eigenvalue weighted by Gasteiger charge is 2.34. The molecule has 2 aromatic carbocycles. The highest BCUT2D eigenvalue weighted by Crippen LogP contribution is 2.36. The lowest BCUT2D eigenvalue weighted by atomic mass is 9.88. The van der Waals surface area contributed by atoms with E-state index in [9.17, 15) is 23.4 Å². The largest absolute Gasteiger partial charge is 0.508 e. The van der Waals surface area contributed by atoms with Crippen molar-refractivity contribution in [2.45, 2.75) is 12.1 Å². The Morgan fingerprint density at radius 2 is 1.10 bits per heavy atom. The molecule has 2 rings (SSSR count). The first-order chi connectivity index (χ1) is 9.35. The van der Waals surface area contributed by atoms with Crippen LogP contribution in [0.15, 0.2) is 48.5 Å². The topological polar surface area (TPSA) is 40.5 Å². The number of hydrogen-bond acceptors (Lipinski definition) is 2. The lowest BCUT2D eigenvalue weighted by Crippen LogP contribution is -2.16. The first kappa shape index (κ1) is 14.2. The fourth-order valence-electron chi connectivity index (χ4n) is 1.86. The number of benzene rings is 2. The molecule has 0 amide bonds. The third kappa shape index (κ3) is 3.66. The van der Waals surface area contributed by atoms with Gasteiger partial charge in [-0.1, -0.05) is 24.3 Å². The summed E-state index contributed by atoms with van der Waals surface area (Å²) in [7, 11) is 0. The van der Waals surface area contributed by atoms with Crippen LogP contribution in [0.2, 0.25) is 0 Å². The molecule has 2 aromatic rings. The molecule has 0 bridgehead atoms. The van der Waals surface area contributed by atoms with Gasteiger partial charge < -0.3 is 10.2 Å². The fourth-order valence-corrected chi connectivity index (χ4v) is 1.86. The summed E-state index contributed by atoms with van der Waals surface area (Å²) in [5, 5.41) is 18.4. The van der Waals surface area contributed by atoms with Crippen LogP contribution in [0.25, 0.3) is 0 Å². The summed E-state index contributed by atoms with van der Waals surface area (Å²) in [5.74, 6) is -1.16. The third-order valence-corrected chi connectivity index (χ3v) is 2.76. The van der Waals surface area contributed by atoms with E-state index < -0.39 is 12.1 Å². The second-order valence-corrected chi connectivity index (χ2v) is 4.26. The maximum absolute atomic E-state index is 12.6. The van der Waals surface area contributed by atoms with E-state index in [0.29, 0.717) is 11.1 Å². The summed E-state index contributed by atoms with van der Waals surface area (Å²) in [5.41, 5.74) is 0.705. The first-order valence-electron chi connectivity index (χ1n) is 5.77. The zero-order chi connectivity index (χ0) is 14.8. The van der Waals surface area contributed by atoms with Gasteiger partial charge in [0.2, 0.25) is 0 Å². The van der Waals surface area contributed by atoms with Gasteiger partial charge in [-0.15, -0.1) is 0 Å². The van der Waals surface area contributed by atoms with Crippen molar-refractivity contribution in [1.82, 2.24) is 0 Å². The summed E-state index contributed by atoms with van der Waals surface area (Å²) in [6.45, 7) is 0. The highest BCUT2D eigenvalue weighted by molar-refractivity contribution is 5.40. The van der Waals surface area contributed by atoms with E-state index in [0.717, 1.165) is 0 Å². The number of aromatic hydroxyl groups is 2. The average molecular weight is 280 g/mol. The van der Waals surface area contributed by atoms with E-state index in [1.54, 1.807) is 6.42 Å². The van der Waals surface area contributed by atoms with Crippen molar-refractivity contribution in [3.8, 4) is 11.5 Å². The van der Waals surface area contributed by atoms with Crippen LogP contribution in [0.1, 0.15) is 17.0 Å². The van der Waals surface area contributed by atoms with Crippen LogP contribution < -0.4 is 0 Å². The number of phenols is 2. The highest BCUT2D eigenvalue weighted by atomic mass is 19.4. The molecular weight excluding hydrogens is 269 g/mol. The maximum Gasteiger partial charge on any atom is 0.397 e. The van der Waals surface area contributed by atoms with Crippen LogP contribution in [0.5, 0.6) is 11.5 Å². The zero-order valence-corrected chi connectivity index (χ0v) is 10.2. The van der Waals surface area contributed by atoms with E-state index in [1.165, 1.54) is 48.5 Å². The van der Waals surface area contributed by atoms with Crippen molar-refractivity contribution in [2.75, 3.05) is 0 Å². The first-order valence-corrected chi connectivity index (χ1v) is 5.77. The van der Waals surface area contributed by atoms with Crippen molar-refractivity contribution in [3.05, 3.63) is 66.1 Å². The summed E-state index contributed by atoms with van der Waals surface area (Å²) >= 11 is 0. The molecule has 0 atom stereocenters. The smallest absolute Gasteiger partial charge is 0.397 e. The van der Waals surface area contributed by atoms with Gasteiger partial charge in [0.25, 0.3) is 0 Å². The Bertz CT molecular complexity index is 514. The van der Waals surface area contributed by atoms with Gasteiger partial charge in [0.15, 0.2) is 0 Å². The summed E-state index contributed by atoms with van der Waals surface area (Å²) in [6, 6.07) is 10.9. The number of phenolic OH excluding ortho intramolecular Hbond substituents is 2. The molecule has 0 unspecified atom stereocenters. The monoisotopic (exact) mass is 280 g/mol. The van der Waals surface area contributed by atoms with Crippen LogP contribution in [0.3, 0.4) is 0 Å². The number of alkyl halides is 3. The van der Waals surface area contributed by atoms with Crippen LogP contribution in [-0.4, -0.2) is 16.4 Å². The predicted octanol–water partition coefficient (Wildman–Crippen LogP) is 3.87. The second-order valence-electron chi connectivity index (χ2n) is 4.26. The van der Waals surface area contributed by atoms with Gasteiger partial charge in [-0.3, -0.25) is 0 Å². The molecule has 0 saturated heterocycles. The average Bonchev–Trinajstić information content (AvgIpc) is 2.37. The lowest BCUT2D eigenvalue weighted by Gasteiger charge is -2.19. The molecular formula is C15H11F3O2. The van der Waals surface area contributed by atoms with Crippen molar-refractivity contribution in [3.63, 3.8) is 0 Å². The molecule has 5 heteroatoms. The third-order valence-electron chi connectivity index (χ3n) is 2.76. The van der Waals surface area contributed by atoms with Crippen LogP contribution in [-0.2, 0) is 0 Å². The second kappa shape index (κ2) is 5.45. The normalized spacial score (nSPS) is 11.8. The molecule has 0 aromatic heterocycles. The zero-order valence-electron chi connectivity index (χ0n) is 10.2.